The Balaban J connectivity index is 3.23. The summed E-state index contributed by atoms with van der Waals surface area (Å²) in [5, 5.41) is 15.0. The highest BCUT2D eigenvalue weighted by Crippen LogP contribution is 1.90. The Labute approximate surface area is 97.6 Å². The van der Waals surface area contributed by atoms with Crippen LogP contribution in [0.5, 0.6) is 0 Å². The molecule has 96 valence electrons. The summed E-state index contributed by atoms with van der Waals surface area (Å²) in [5.74, 6) is 0.00110. The molecule has 0 fully saturated rings. The molecule has 0 aliphatic carbocycles. The molecule has 0 radical (unpaired) electrons. The lowest BCUT2D eigenvalue weighted by Gasteiger charge is -2.11. The van der Waals surface area contributed by atoms with Crippen molar-refractivity contribution in [2.24, 2.45) is 0 Å². The average Bonchev–Trinajstić information content (AvgIpc) is 2.30. The van der Waals surface area contributed by atoms with Crippen LogP contribution in [0.25, 0.3) is 0 Å². The minimum atomic E-state index is -0.499. The molecular weight excluding hydrogens is 208 g/mol. The molecule has 3 N–H and O–H groups in total. The van der Waals surface area contributed by atoms with Gasteiger partial charge in [0.2, 0.25) is 5.91 Å². The number of carbonyl (C=O) groups is 1. The molecule has 1 amide bonds. The van der Waals surface area contributed by atoms with Gasteiger partial charge in [0.25, 0.3) is 0 Å². The van der Waals surface area contributed by atoms with Gasteiger partial charge in [-0.2, -0.15) is 0 Å². The summed E-state index contributed by atoms with van der Waals surface area (Å²) in [6.07, 6.45) is 2.05. The summed E-state index contributed by atoms with van der Waals surface area (Å²) in [7, 11) is 1.61. The van der Waals surface area contributed by atoms with E-state index in [9.17, 15) is 9.90 Å². The van der Waals surface area contributed by atoms with Crippen molar-refractivity contribution >= 4 is 5.91 Å². The summed E-state index contributed by atoms with van der Waals surface area (Å²) >= 11 is 0. The summed E-state index contributed by atoms with van der Waals surface area (Å²) in [6.45, 7) is 4.19. The first-order chi connectivity index (χ1) is 7.70. The van der Waals surface area contributed by atoms with Gasteiger partial charge in [-0.15, -0.1) is 0 Å². The molecule has 0 aromatic rings. The zero-order valence-corrected chi connectivity index (χ0v) is 10.3. The third-order valence-electron chi connectivity index (χ3n) is 2.14. The van der Waals surface area contributed by atoms with Crippen LogP contribution in [0.1, 0.15) is 26.2 Å². The minimum absolute atomic E-state index is 0.00110. The van der Waals surface area contributed by atoms with E-state index in [0.29, 0.717) is 32.7 Å². The largest absolute Gasteiger partial charge is 0.389 e. The van der Waals surface area contributed by atoms with Gasteiger partial charge in [0.05, 0.1) is 12.7 Å². The summed E-state index contributed by atoms with van der Waals surface area (Å²) in [6, 6.07) is 0. The molecule has 0 spiro atoms. The monoisotopic (exact) mass is 232 g/mol. The number of aliphatic hydroxyl groups is 1. The van der Waals surface area contributed by atoms with Gasteiger partial charge < -0.3 is 20.5 Å². The van der Waals surface area contributed by atoms with Crippen LogP contribution in [0.2, 0.25) is 0 Å². The number of carbonyl (C=O) groups excluding carboxylic acids is 1. The smallest absolute Gasteiger partial charge is 0.221 e. The highest BCUT2D eigenvalue weighted by atomic mass is 16.5. The van der Waals surface area contributed by atoms with Crippen molar-refractivity contribution in [3.05, 3.63) is 0 Å². The molecule has 0 saturated carbocycles. The second kappa shape index (κ2) is 10.9. The maximum Gasteiger partial charge on any atom is 0.221 e. The number of aliphatic hydroxyl groups excluding tert-OH is 1. The van der Waals surface area contributed by atoms with Gasteiger partial charge in [-0.05, 0) is 6.42 Å². The van der Waals surface area contributed by atoms with E-state index in [1.165, 1.54) is 0 Å². The van der Waals surface area contributed by atoms with E-state index in [4.69, 9.17) is 4.74 Å². The van der Waals surface area contributed by atoms with Crippen molar-refractivity contribution in [1.29, 1.82) is 0 Å². The lowest BCUT2D eigenvalue weighted by atomic mass is 10.3. The molecule has 0 aliphatic rings. The molecular formula is C11H24N2O3. The van der Waals surface area contributed by atoms with Gasteiger partial charge in [-0.3, -0.25) is 4.79 Å². The highest BCUT2D eigenvalue weighted by molar-refractivity contribution is 5.75. The summed E-state index contributed by atoms with van der Waals surface area (Å²) in [4.78, 5) is 10.9. The number of ether oxygens (including phenoxy) is 1. The van der Waals surface area contributed by atoms with E-state index in [-0.39, 0.29) is 5.91 Å². The first-order valence-electron chi connectivity index (χ1n) is 5.87. The predicted molar refractivity (Wildman–Crippen MR) is 63.3 cm³/mol. The third kappa shape index (κ3) is 9.89. The molecule has 0 saturated heterocycles. The Morgan fingerprint density at radius 1 is 1.50 bits per heavy atom. The Hall–Kier alpha value is -0.650. The number of hydrogen-bond donors (Lipinski definition) is 3. The van der Waals surface area contributed by atoms with Crippen LogP contribution in [-0.2, 0) is 9.53 Å². The lowest BCUT2D eigenvalue weighted by molar-refractivity contribution is -0.120. The van der Waals surface area contributed by atoms with Crippen molar-refractivity contribution in [2.75, 3.05) is 33.4 Å². The molecule has 5 heteroatoms. The summed E-state index contributed by atoms with van der Waals surface area (Å²) in [5.41, 5.74) is 0. The van der Waals surface area contributed by atoms with Gasteiger partial charge in [0.1, 0.15) is 0 Å². The predicted octanol–water partition coefficient (Wildman–Crippen LogP) is -0.110. The number of nitrogens with one attached hydrogen (secondary N) is 2. The fraction of sp³-hybridized carbons (Fsp3) is 0.909. The third-order valence-corrected chi connectivity index (χ3v) is 2.14. The van der Waals surface area contributed by atoms with Crippen LogP contribution in [0.4, 0.5) is 0 Å². The van der Waals surface area contributed by atoms with Gasteiger partial charge in [0, 0.05) is 33.2 Å². The molecule has 0 rings (SSSR count). The zero-order valence-electron chi connectivity index (χ0n) is 10.3. The Morgan fingerprint density at radius 2 is 2.25 bits per heavy atom. The number of rotatable bonds is 10. The maximum atomic E-state index is 10.9. The molecule has 5 nitrogen and oxygen atoms in total. The topological polar surface area (TPSA) is 70.6 Å². The fourth-order valence-electron chi connectivity index (χ4n) is 1.12. The molecule has 0 aromatic heterocycles. The molecule has 0 heterocycles. The standard InChI is InChI=1S/C11H24N2O3/c1-3-4-7-16-9-10(14)8-13-6-5-11(15)12-2/h10,13-14H,3-9H2,1-2H3,(H,12,15). The minimum Gasteiger partial charge on any atom is -0.389 e. The lowest BCUT2D eigenvalue weighted by Crippen LogP contribution is -2.33. The second-order valence-corrected chi connectivity index (χ2v) is 3.71. The van der Waals surface area contributed by atoms with Crippen LogP contribution in [0.3, 0.4) is 0 Å². The van der Waals surface area contributed by atoms with E-state index in [0.717, 1.165) is 12.8 Å². The molecule has 1 atom stereocenters. The van der Waals surface area contributed by atoms with Crippen LogP contribution < -0.4 is 10.6 Å². The first-order valence-corrected chi connectivity index (χ1v) is 5.87. The number of amides is 1. The van der Waals surface area contributed by atoms with Crippen molar-refractivity contribution in [1.82, 2.24) is 10.6 Å². The van der Waals surface area contributed by atoms with Crippen molar-refractivity contribution in [2.45, 2.75) is 32.3 Å². The average molecular weight is 232 g/mol. The van der Waals surface area contributed by atoms with E-state index in [1.807, 2.05) is 0 Å². The Bertz CT molecular complexity index is 177. The van der Waals surface area contributed by atoms with E-state index >= 15 is 0 Å². The fourth-order valence-corrected chi connectivity index (χ4v) is 1.12. The van der Waals surface area contributed by atoms with E-state index < -0.39 is 6.10 Å². The van der Waals surface area contributed by atoms with Crippen LogP contribution in [0, 0.1) is 0 Å². The Morgan fingerprint density at radius 3 is 2.88 bits per heavy atom. The molecule has 0 bridgehead atoms. The molecule has 0 aliphatic heterocycles. The zero-order chi connectivity index (χ0) is 12.2. The van der Waals surface area contributed by atoms with Crippen LogP contribution in [-0.4, -0.2) is 50.5 Å². The SMILES string of the molecule is CCCCOCC(O)CNCCC(=O)NC. The van der Waals surface area contributed by atoms with Crippen LogP contribution in [0.15, 0.2) is 0 Å². The quantitative estimate of drug-likeness (QED) is 0.460. The van der Waals surface area contributed by atoms with Crippen molar-refractivity contribution in [3.8, 4) is 0 Å². The van der Waals surface area contributed by atoms with Crippen molar-refractivity contribution in [3.63, 3.8) is 0 Å². The second-order valence-electron chi connectivity index (χ2n) is 3.71. The van der Waals surface area contributed by atoms with Gasteiger partial charge in [-0.1, -0.05) is 13.3 Å². The van der Waals surface area contributed by atoms with Gasteiger partial charge in [0.15, 0.2) is 0 Å². The molecule has 0 aromatic carbocycles. The number of hydrogen-bond acceptors (Lipinski definition) is 4. The number of unbranched alkanes of at least 4 members (excludes halogenated alkanes) is 1. The van der Waals surface area contributed by atoms with Crippen molar-refractivity contribution < 1.29 is 14.6 Å². The highest BCUT2D eigenvalue weighted by Gasteiger charge is 2.04. The van der Waals surface area contributed by atoms with Crippen LogP contribution >= 0.6 is 0 Å². The Kier molecular flexibility index (Phi) is 10.4. The van der Waals surface area contributed by atoms with Gasteiger partial charge in [-0.25, -0.2) is 0 Å². The summed E-state index contributed by atoms with van der Waals surface area (Å²) < 4.78 is 5.27. The van der Waals surface area contributed by atoms with E-state index in [1.54, 1.807) is 7.05 Å². The first kappa shape index (κ1) is 15.3. The molecule has 1 unspecified atom stereocenters. The molecule has 16 heavy (non-hydrogen) atoms. The maximum absolute atomic E-state index is 10.9. The van der Waals surface area contributed by atoms with E-state index in [2.05, 4.69) is 17.6 Å². The normalized spacial score (nSPS) is 12.4. The van der Waals surface area contributed by atoms with Gasteiger partial charge >= 0.3 is 0 Å².